The zero-order valence-electron chi connectivity index (χ0n) is 18.0. The van der Waals surface area contributed by atoms with Crippen molar-refractivity contribution in [1.82, 2.24) is 9.80 Å². The van der Waals surface area contributed by atoms with Crippen molar-refractivity contribution in [3.05, 3.63) is 53.1 Å². The number of rotatable bonds is 6. The summed E-state index contributed by atoms with van der Waals surface area (Å²) in [5.74, 6) is 2.51. The number of piperazine rings is 1. The molecule has 0 radical (unpaired) electrons. The van der Waals surface area contributed by atoms with Crippen LogP contribution in [0.5, 0.6) is 17.2 Å². The molecule has 0 aliphatic carbocycles. The average molecular weight is 411 g/mol. The number of amides is 1. The van der Waals surface area contributed by atoms with Crippen LogP contribution in [0.25, 0.3) is 0 Å². The Morgan fingerprint density at radius 3 is 2.60 bits per heavy atom. The Morgan fingerprint density at radius 1 is 1.07 bits per heavy atom. The van der Waals surface area contributed by atoms with Crippen LogP contribution in [0.15, 0.2) is 36.4 Å². The lowest BCUT2D eigenvalue weighted by Gasteiger charge is -2.36. The molecule has 1 atom stereocenters. The van der Waals surface area contributed by atoms with Crippen LogP contribution < -0.4 is 14.2 Å². The Kier molecular flexibility index (Phi) is 6.13. The number of nitrogens with zero attached hydrogens (tertiary/aromatic N) is 2. The first-order chi connectivity index (χ1) is 14.5. The van der Waals surface area contributed by atoms with Crippen LogP contribution in [0.4, 0.5) is 0 Å². The van der Waals surface area contributed by atoms with Crippen LogP contribution in [0, 0.1) is 13.8 Å². The maximum atomic E-state index is 13.1. The smallest absolute Gasteiger partial charge is 0.263 e. The van der Waals surface area contributed by atoms with Crippen LogP contribution in [0.2, 0.25) is 0 Å². The van der Waals surface area contributed by atoms with E-state index in [9.17, 15) is 4.79 Å². The first-order valence-electron chi connectivity index (χ1n) is 10.7. The Balaban J connectivity index is 1.32. The largest absolute Gasteiger partial charge is 0.480 e. The normalized spacial score (nSPS) is 17.1. The summed E-state index contributed by atoms with van der Waals surface area (Å²) < 4.78 is 17.0. The standard InChI is InChI=1S/C24H30N2O4/c1-4-20(30-21-7-5-6-17(2)18(21)3)24(27)26-12-10-25(11-13-26)15-19-8-9-22-23(14-19)29-16-28-22/h5-9,14,20H,4,10-13,15-16H2,1-3H3/t20-/m0/s1. The van der Waals surface area contributed by atoms with Gasteiger partial charge in [-0.3, -0.25) is 9.69 Å². The molecular formula is C24H30N2O4. The third-order valence-corrected chi connectivity index (χ3v) is 6.00. The maximum absolute atomic E-state index is 13.1. The fraction of sp³-hybridized carbons (Fsp3) is 0.458. The molecule has 1 fully saturated rings. The summed E-state index contributed by atoms with van der Waals surface area (Å²) in [6, 6.07) is 12.1. The van der Waals surface area contributed by atoms with Crippen LogP contribution in [-0.4, -0.2) is 54.8 Å². The number of hydrogen-bond donors (Lipinski definition) is 0. The van der Waals surface area contributed by atoms with Gasteiger partial charge in [0.2, 0.25) is 6.79 Å². The third kappa shape index (κ3) is 4.38. The highest BCUT2D eigenvalue weighted by molar-refractivity contribution is 5.81. The highest BCUT2D eigenvalue weighted by Crippen LogP contribution is 2.33. The van der Waals surface area contributed by atoms with E-state index in [1.165, 1.54) is 11.1 Å². The molecule has 0 N–H and O–H groups in total. The molecule has 0 aromatic heterocycles. The van der Waals surface area contributed by atoms with Gasteiger partial charge in [0.15, 0.2) is 17.6 Å². The van der Waals surface area contributed by atoms with E-state index in [0.717, 1.165) is 55.5 Å². The number of aryl methyl sites for hydroxylation is 1. The fourth-order valence-electron chi connectivity index (χ4n) is 3.94. The molecule has 6 heteroatoms. The molecule has 6 nitrogen and oxygen atoms in total. The van der Waals surface area contributed by atoms with Gasteiger partial charge in [-0.2, -0.15) is 0 Å². The van der Waals surface area contributed by atoms with Gasteiger partial charge >= 0.3 is 0 Å². The summed E-state index contributed by atoms with van der Waals surface area (Å²) in [6.45, 7) is 10.4. The third-order valence-electron chi connectivity index (χ3n) is 6.00. The summed E-state index contributed by atoms with van der Waals surface area (Å²) in [5.41, 5.74) is 3.47. The predicted octanol–water partition coefficient (Wildman–Crippen LogP) is 3.53. The number of hydrogen-bond acceptors (Lipinski definition) is 5. The molecule has 2 heterocycles. The van der Waals surface area contributed by atoms with E-state index >= 15 is 0 Å². The van der Waals surface area contributed by atoms with Crippen molar-refractivity contribution in [2.45, 2.75) is 39.8 Å². The molecule has 2 aromatic carbocycles. The van der Waals surface area contributed by atoms with E-state index in [4.69, 9.17) is 14.2 Å². The number of benzene rings is 2. The van der Waals surface area contributed by atoms with Crippen molar-refractivity contribution in [1.29, 1.82) is 0 Å². The number of fused-ring (bicyclic) bond motifs is 1. The predicted molar refractivity (Wildman–Crippen MR) is 115 cm³/mol. The van der Waals surface area contributed by atoms with Gasteiger partial charge in [0.25, 0.3) is 5.91 Å². The minimum Gasteiger partial charge on any atom is -0.480 e. The van der Waals surface area contributed by atoms with Crippen molar-refractivity contribution in [3.8, 4) is 17.2 Å². The molecule has 0 unspecified atom stereocenters. The Labute approximate surface area is 178 Å². The van der Waals surface area contributed by atoms with Gasteiger partial charge in [0.1, 0.15) is 5.75 Å². The number of carbonyl (C=O) groups excluding carboxylic acids is 1. The molecule has 0 saturated carbocycles. The van der Waals surface area contributed by atoms with Crippen molar-refractivity contribution in [3.63, 3.8) is 0 Å². The molecule has 0 bridgehead atoms. The minimum atomic E-state index is -0.439. The number of ether oxygens (including phenoxy) is 3. The van der Waals surface area contributed by atoms with Gasteiger partial charge in [0.05, 0.1) is 0 Å². The molecule has 4 rings (SSSR count). The lowest BCUT2D eigenvalue weighted by atomic mass is 10.1. The summed E-state index contributed by atoms with van der Waals surface area (Å²) >= 11 is 0. The molecule has 1 saturated heterocycles. The molecule has 2 aliphatic rings. The van der Waals surface area contributed by atoms with Crippen LogP contribution >= 0.6 is 0 Å². The first-order valence-corrected chi connectivity index (χ1v) is 10.7. The van der Waals surface area contributed by atoms with Crippen molar-refractivity contribution in [2.24, 2.45) is 0 Å². The van der Waals surface area contributed by atoms with Crippen molar-refractivity contribution >= 4 is 5.91 Å². The fourth-order valence-corrected chi connectivity index (χ4v) is 3.94. The SMILES string of the molecule is CC[C@H](Oc1cccc(C)c1C)C(=O)N1CCN(Cc2ccc3c(c2)OCO3)CC1. The molecule has 1 amide bonds. The van der Waals surface area contributed by atoms with Crippen molar-refractivity contribution in [2.75, 3.05) is 33.0 Å². The van der Waals surface area contributed by atoms with E-state index in [1.54, 1.807) is 0 Å². The molecular weight excluding hydrogens is 380 g/mol. The molecule has 0 spiro atoms. The van der Waals surface area contributed by atoms with Crippen LogP contribution in [0.1, 0.15) is 30.0 Å². The highest BCUT2D eigenvalue weighted by Gasteiger charge is 2.28. The summed E-state index contributed by atoms with van der Waals surface area (Å²) in [5, 5.41) is 0. The van der Waals surface area contributed by atoms with Crippen molar-refractivity contribution < 1.29 is 19.0 Å². The topological polar surface area (TPSA) is 51.2 Å². The van der Waals surface area contributed by atoms with Gasteiger partial charge in [-0.05, 0) is 55.2 Å². The average Bonchev–Trinajstić information content (AvgIpc) is 3.23. The Bertz CT molecular complexity index is 906. The van der Waals surface area contributed by atoms with Gasteiger partial charge < -0.3 is 19.1 Å². The van der Waals surface area contributed by atoms with E-state index in [-0.39, 0.29) is 5.91 Å². The second-order valence-corrected chi connectivity index (χ2v) is 8.00. The second-order valence-electron chi connectivity index (χ2n) is 8.00. The zero-order valence-corrected chi connectivity index (χ0v) is 18.0. The van der Waals surface area contributed by atoms with Gasteiger partial charge in [-0.25, -0.2) is 0 Å². The maximum Gasteiger partial charge on any atom is 0.263 e. The van der Waals surface area contributed by atoms with Gasteiger partial charge in [-0.1, -0.05) is 25.1 Å². The first kappa shape index (κ1) is 20.5. The summed E-state index contributed by atoms with van der Waals surface area (Å²) in [4.78, 5) is 17.4. The van der Waals surface area contributed by atoms with Crippen LogP contribution in [0.3, 0.4) is 0 Å². The van der Waals surface area contributed by atoms with Crippen LogP contribution in [-0.2, 0) is 11.3 Å². The number of carbonyl (C=O) groups is 1. The molecule has 30 heavy (non-hydrogen) atoms. The van der Waals surface area contributed by atoms with E-state index in [2.05, 4.69) is 24.0 Å². The van der Waals surface area contributed by atoms with Gasteiger partial charge in [-0.15, -0.1) is 0 Å². The summed E-state index contributed by atoms with van der Waals surface area (Å²) in [6.07, 6.45) is 0.217. The summed E-state index contributed by atoms with van der Waals surface area (Å²) in [7, 11) is 0. The minimum absolute atomic E-state index is 0.0844. The highest BCUT2D eigenvalue weighted by atomic mass is 16.7. The van der Waals surface area contributed by atoms with E-state index in [0.29, 0.717) is 13.2 Å². The Morgan fingerprint density at radius 2 is 1.83 bits per heavy atom. The Hall–Kier alpha value is -2.73. The molecule has 2 aromatic rings. The zero-order chi connectivity index (χ0) is 21.1. The van der Waals surface area contributed by atoms with Gasteiger partial charge in [0, 0.05) is 32.7 Å². The molecule has 2 aliphatic heterocycles. The van der Waals surface area contributed by atoms with E-state index in [1.807, 2.05) is 43.0 Å². The molecule has 160 valence electrons. The lowest BCUT2D eigenvalue weighted by Crippen LogP contribution is -2.52. The van der Waals surface area contributed by atoms with E-state index < -0.39 is 6.10 Å². The second kappa shape index (κ2) is 8.96. The quantitative estimate of drug-likeness (QED) is 0.729. The monoisotopic (exact) mass is 410 g/mol. The lowest BCUT2D eigenvalue weighted by molar-refractivity contribution is -0.140.